The van der Waals surface area contributed by atoms with Crippen LogP contribution in [0.3, 0.4) is 0 Å². The maximum atomic E-state index is 12.6. The van der Waals surface area contributed by atoms with E-state index in [0.717, 1.165) is 25.7 Å². The number of aromatic nitrogens is 5. The number of hydrogen-bond acceptors (Lipinski definition) is 8. The van der Waals surface area contributed by atoms with E-state index in [1.807, 2.05) is 4.57 Å². The van der Waals surface area contributed by atoms with Gasteiger partial charge in [0.05, 0.1) is 18.4 Å². The van der Waals surface area contributed by atoms with Gasteiger partial charge in [-0.2, -0.15) is 9.97 Å². The molecule has 29 heavy (non-hydrogen) atoms. The van der Waals surface area contributed by atoms with Crippen molar-refractivity contribution in [2.75, 3.05) is 11.1 Å². The molecule has 152 valence electrons. The normalized spacial score (nSPS) is 19.3. The second kappa shape index (κ2) is 7.91. The number of hydrogen-bond donors (Lipinski definition) is 3. The van der Waals surface area contributed by atoms with Gasteiger partial charge in [-0.15, -0.1) is 11.3 Å². The van der Waals surface area contributed by atoms with Gasteiger partial charge >= 0.3 is 0 Å². The predicted octanol–water partition coefficient (Wildman–Crippen LogP) is 1.92. The van der Waals surface area contributed by atoms with Crippen LogP contribution in [0.4, 0.5) is 10.9 Å². The summed E-state index contributed by atoms with van der Waals surface area (Å²) >= 11 is 7.22. The third-order valence-corrected chi connectivity index (χ3v) is 5.99. The summed E-state index contributed by atoms with van der Waals surface area (Å²) in [6.45, 7) is 0. The molecule has 1 saturated carbocycles. The Labute approximate surface area is 174 Å². The Kier molecular flexibility index (Phi) is 5.33. The fraction of sp³-hybridized carbons (Fsp3) is 0.412. The first kappa shape index (κ1) is 19.5. The molecule has 12 heteroatoms. The number of primary amides is 1. The molecule has 0 aromatic carbocycles. The van der Waals surface area contributed by atoms with Gasteiger partial charge < -0.3 is 21.4 Å². The van der Waals surface area contributed by atoms with Crippen molar-refractivity contribution in [2.24, 2.45) is 11.7 Å². The van der Waals surface area contributed by atoms with Gasteiger partial charge in [0, 0.05) is 17.3 Å². The van der Waals surface area contributed by atoms with E-state index in [2.05, 4.69) is 25.3 Å². The van der Waals surface area contributed by atoms with Gasteiger partial charge in [-0.1, -0.05) is 0 Å². The number of carbonyl (C=O) groups is 2. The summed E-state index contributed by atoms with van der Waals surface area (Å²) < 4.78 is 1.96. The van der Waals surface area contributed by atoms with Crippen LogP contribution in [0.2, 0.25) is 5.28 Å². The zero-order chi connectivity index (χ0) is 20.5. The largest absolute Gasteiger partial charge is 0.382 e. The van der Waals surface area contributed by atoms with E-state index in [1.165, 1.54) is 11.3 Å². The Morgan fingerprint density at radius 2 is 2.00 bits per heavy atom. The van der Waals surface area contributed by atoms with Gasteiger partial charge in [-0.3, -0.25) is 9.59 Å². The predicted molar refractivity (Wildman–Crippen MR) is 109 cm³/mol. The van der Waals surface area contributed by atoms with Crippen molar-refractivity contribution in [3.8, 4) is 0 Å². The summed E-state index contributed by atoms with van der Waals surface area (Å²) in [5.41, 5.74) is 12.7. The maximum Gasteiger partial charge on any atom is 0.229 e. The summed E-state index contributed by atoms with van der Waals surface area (Å²) in [6, 6.07) is 0.163. The van der Waals surface area contributed by atoms with Gasteiger partial charge in [0.2, 0.25) is 17.1 Å². The topological polar surface area (TPSA) is 155 Å². The standard InChI is InChI=1S/C17H19ClN8O2S/c18-16-23-13(20)12-14(24-16)26(7-21-12)10-3-1-8(2-4-10)15(28)25-17-22-9(6-29-17)5-11(19)27/h6-8,10H,1-5H2,(H2,19,27)(H2,20,23,24)(H,22,25,28). The number of nitrogens with two attached hydrogens (primary N) is 2. The highest BCUT2D eigenvalue weighted by atomic mass is 35.5. The molecule has 1 fully saturated rings. The molecule has 0 aliphatic heterocycles. The van der Waals surface area contributed by atoms with Crippen molar-refractivity contribution in [2.45, 2.75) is 38.1 Å². The fourth-order valence-corrected chi connectivity index (χ4v) is 4.51. The minimum atomic E-state index is -0.452. The van der Waals surface area contributed by atoms with E-state index in [0.29, 0.717) is 22.0 Å². The van der Waals surface area contributed by atoms with Gasteiger partial charge in [0.15, 0.2) is 16.6 Å². The molecule has 5 N–H and O–H groups in total. The molecule has 0 spiro atoms. The molecule has 2 amide bonds. The van der Waals surface area contributed by atoms with E-state index < -0.39 is 5.91 Å². The minimum Gasteiger partial charge on any atom is -0.382 e. The molecule has 3 aromatic rings. The third kappa shape index (κ3) is 4.15. The minimum absolute atomic E-state index is 0.0615. The Morgan fingerprint density at radius 3 is 2.72 bits per heavy atom. The lowest BCUT2D eigenvalue weighted by Gasteiger charge is -2.28. The van der Waals surface area contributed by atoms with Crippen LogP contribution < -0.4 is 16.8 Å². The van der Waals surface area contributed by atoms with Crippen molar-refractivity contribution < 1.29 is 9.59 Å². The van der Waals surface area contributed by atoms with E-state index in [9.17, 15) is 9.59 Å². The Hall–Kier alpha value is -2.79. The number of amides is 2. The van der Waals surface area contributed by atoms with Crippen LogP contribution in [0.25, 0.3) is 11.2 Å². The van der Waals surface area contributed by atoms with E-state index in [1.54, 1.807) is 11.7 Å². The summed E-state index contributed by atoms with van der Waals surface area (Å²) in [7, 11) is 0. The fourth-order valence-electron chi connectivity index (χ4n) is 3.63. The molecule has 0 atom stereocenters. The first-order valence-electron chi connectivity index (χ1n) is 9.10. The second-order valence-electron chi connectivity index (χ2n) is 6.98. The number of halogens is 1. The van der Waals surface area contributed by atoms with Gasteiger partial charge in [-0.25, -0.2) is 9.97 Å². The molecule has 0 unspecified atom stereocenters. The summed E-state index contributed by atoms with van der Waals surface area (Å²) in [5.74, 6) is -0.362. The number of nitrogens with zero attached hydrogens (tertiary/aromatic N) is 5. The van der Waals surface area contributed by atoms with Gasteiger partial charge in [0.1, 0.15) is 5.52 Å². The molecular weight excluding hydrogens is 416 g/mol. The molecule has 0 bridgehead atoms. The Bertz CT molecular complexity index is 1070. The highest BCUT2D eigenvalue weighted by Crippen LogP contribution is 2.35. The quantitative estimate of drug-likeness (QED) is 0.518. The Balaban J connectivity index is 1.39. The number of nitrogens with one attached hydrogen (secondary N) is 1. The van der Waals surface area contributed by atoms with Crippen LogP contribution in [-0.4, -0.2) is 36.3 Å². The lowest BCUT2D eigenvalue weighted by atomic mass is 9.85. The van der Waals surface area contributed by atoms with Crippen LogP contribution in [0.5, 0.6) is 0 Å². The smallest absolute Gasteiger partial charge is 0.229 e. The van der Waals surface area contributed by atoms with Crippen LogP contribution in [0, 0.1) is 5.92 Å². The molecular formula is C17H19ClN8O2S. The zero-order valence-electron chi connectivity index (χ0n) is 15.3. The lowest BCUT2D eigenvalue weighted by molar-refractivity contribution is -0.121. The van der Waals surface area contributed by atoms with Crippen LogP contribution >= 0.6 is 22.9 Å². The SMILES string of the molecule is NC(=O)Cc1csc(NC(=O)C2CCC(n3cnc4c(N)nc(Cl)nc43)CC2)n1. The first-order valence-corrected chi connectivity index (χ1v) is 10.4. The Morgan fingerprint density at radius 1 is 1.24 bits per heavy atom. The van der Waals surface area contributed by atoms with Crippen molar-refractivity contribution in [3.63, 3.8) is 0 Å². The average molecular weight is 435 g/mol. The molecule has 0 saturated heterocycles. The van der Waals surface area contributed by atoms with Crippen molar-refractivity contribution >= 4 is 56.9 Å². The van der Waals surface area contributed by atoms with Crippen molar-refractivity contribution in [3.05, 3.63) is 22.7 Å². The maximum absolute atomic E-state index is 12.6. The third-order valence-electron chi connectivity index (χ3n) is 5.02. The number of imidazole rings is 1. The number of rotatable bonds is 5. The molecule has 1 aliphatic carbocycles. The number of fused-ring (bicyclic) bond motifs is 1. The van der Waals surface area contributed by atoms with Crippen LogP contribution in [-0.2, 0) is 16.0 Å². The van der Waals surface area contributed by atoms with E-state index in [4.69, 9.17) is 23.1 Å². The molecule has 3 heterocycles. The second-order valence-corrected chi connectivity index (χ2v) is 8.18. The molecule has 10 nitrogen and oxygen atoms in total. The number of carbonyl (C=O) groups excluding carboxylic acids is 2. The average Bonchev–Trinajstić information content (AvgIpc) is 3.28. The monoisotopic (exact) mass is 434 g/mol. The summed E-state index contributed by atoms with van der Waals surface area (Å²) in [5, 5.41) is 5.13. The molecule has 4 rings (SSSR count). The lowest BCUT2D eigenvalue weighted by Crippen LogP contribution is -2.28. The van der Waals surface area contributed by atoms with Crippen molar-refractivity contribution in [1.82, 2.24) is 24.5 Å². The van der Waals surface area contributed by atoms with Gasteiger partial charge in [-0.05, 0) is 37.3 Å². The number of thiazole rings is 1. The van der Waals surface area contributed by atoms with E-state index >= 15 is 0 Å². The van der Waals surface area contributed by atoms with Crippen molar-refractivity contribution in [1.29, 1.82) is 0 Å². The first-order chi connectivity index (χ1) is 13.9. The molecule has 0 radical (unpaired) electrons. The summed E-state index contributed by atoms with van der Waals surface area (Å²) in [4.78, 5) is 40.3. The van der Waals surface area contributed by atoms with Gasteiger partial charge in [0.25, 0.3) is 0 Å². The zero-order valence-corrected chi connectivity index (χ0v) is 16.9. The highest BCUT2D eigenvalue weighted by molar-refractivity contribution is 7.13. The van der Waals surface area contributed by atoms with Crippen LogP contribution in [0.1, 0.15) is 37.4 Å². The number of nitrogen functional groups attached to an aromatic ring is 1. The van der Waals surface area contributed by atoms with Crippen LogP contribution in [0.15, 0.2) is 11.7 Å². The highest BCUT2D eigenvalue weighted by Gasteiger charge is 2.29. The number of anilines is 2. The van der Waals surface area contributed by atoms with E-state index in [-0.39, 0.29) is 35.4 Å². The molecule has 3 aromatic heterocycles. The summed E-state index contributed by atoms with van der Waals surface area (Å²) in [6.07, 6.45) is 4.82. The molecule has 1 aliphatic rings.